The molecule has 0 aliphatic rings. The van der Waals surface area contributed by atoms with Crippen molar-refractivity contribution in [2.24, 2.45) is 5.14 Å². The molecular weight excluding hydrogens is 254 g/mol. The molecule has 1 rings (SSSR count). The van der Waals surface area contributed by atoms with E-state index < -0.39 is 10.0 Å². The summed E-state index contributed by atoms with van der Waals surface area (Å²) in [5, 5.41) is 5.10. The average molecular weight is 273 g/mol. The molecule has 0 heterocycles. The lowest BCUT2D eigenvalue weighted by molar-refractivity contribution is 0.183. The number of anilines is 2. The predicted molar refractivity (Wildman–Crippen MR) is 72.0 cm³/mol. The van der Waals surface area contributed by atoms with Crippen molar-refractivity contribution in [2.45, 2.75) is 17.9 Å². The Kier molecular flexibility index (Phi) is 4.55. The first-order valence-corrected chi connectivity index (χ1v) is 6.96. The van der Waals surface area contributed by atoms with Crippen molar-refractivity contribution in [1.29, 1.82) is 0 Å². The van der Waals surface area contributed by atoms with Crippen molar-refractivity contribution in [3.63, 3.8) is 0 Å². The summed E-state index contributed by atoms with van der Waals surface area (Å²) in [6.07, 6.45) is 0. The van der Waals surface area contributed by atoms with Crippen molar-refractivity contribution < 1.29 is 13.2 Å². The second kappa shape index (κ2) is 5.55. The van der Waals surface area contributed by atoms with Gasteiger partial charge in [-0.05, 0) is 25.1 Å². The van der Waals surface area contributed by atoms with Gasteiger partial charge < -0.3 is 15.4 Å². The van der Waals surface area contributed by atoms with Gasteiger partial charge in [-0.1, -0.05) is 0 Å². The van der Waals surface area contributed by atoms with Gasteiger partial charge in [-0.2, -0.15) is 0 Å². The maximum atomic E-state index is 11.3. The number of nitrogen functional groups attached to an aromatic ring is 1. The van der Waals surface area contributed by atoms with Crippen LogP contribution in [0.15, 0.2) is 23.1 Å². The summed E-state index contributed by atoms with van der Waals surface area (Å²) in [5.41, 5.74) is 6.96. The lowest BCUT2D eigenvalue weighted by Gasteiger charge is -2.27. The molecule has 0 saturated carbocycles. The second-order valence-electron chi connectivity index (χ2n) is 4.18. The highest BCUT2D eigenvalue weighted by atomic mass is 32.2. The maximum absolute atomic E-state index is 11.3. The molecule has 18 heavy (non-hydrogen) atoms. The van der Waals surface area contributed by atoms with Gasteiger partial charge in [-0.25, -0.2) is 13.6 Å². The Morgan fingerprint density at radius 3 is 2.56 bits per heavy atom. The molecule has 1 aromatic rings. The molecule has 4 N–H and O–H groups in total. The SMILES string of the molecule is COCC(C)N(C)c1cc(S(N)(=O)=O)ccc1N. The fourth-order valence-corrected chi connectivity index (χ4v) is 2.13. The van der Waals surface area contributed by atoms with E-state index in [-0.39, 0.29) is 10.9 Å². The molecule has 0 amide bonds. The maximum Gasteiger partial charge on any atom is 0.238 e. The van der Waals surface area contributed by atoms with Gasteiger partial charge in [0.15, 0.2) is 0 Å². The number of hydrogen-bond acceptors (Lipinski definition) is 5. The van der Waals surface area contributed by atoms with Crippen molar-refractivity contribution >= 4 is 21.4 Å². The Hall–Kier alpha value is -1.31. The number of methoxy groups -OCH3 is 1. The molecule has 102 valence electrons. The van der Waals surface area contributed by atoms with Gasteiger partial charge in [0.25, 0.3) is 0 Å². The first kappa shape index (κ1) is 14.7. The highest BCUT2D eigenvalue weighted by Gasteiger charge is 2.16. The van der Waals surface area contributed by atoms with Gasteiger partial charge in [0, 0.05) is 20.2 Å². The number of primary sulfonamides is 1. The van der Waals surface area contributed by atoms with Crippen molar-refractivity contribution in [2.75, 3.05) is 31.4 Å². The molecule has 0 aliphatic carbocycles. The molecule has 7 heteroatoms. The molecule has 0 radical (unpaired) electrons. The Morgan fingerprint density at radius 1 is 1.44 bits per heavy atom. The van der Waals surface area contributed by atoms with Gasteiger partial charge in [-0.3, -0.25) is 0 Å². The minimum atomic E-state index is -3.73. The Morgan fingerprint density at radius 2 is 2.06 bits per heavy atom. The lowest BCUT2D eigenvalue weighted by atomic mass is 10.2. The van der Waals surface area contributed by atoms with Gasteiger partial charge in [-0.15, -0.1) is 0 Å². The van der Waals surface area contributed by atoms with Crippen LogP contribution in [0.2, 0.25) is 0 Å². The smallest absolute Gasteiger partial charge is 0.238 e. The third-order valence-electron chi connectivity index (χ3n) is 2.78. The van der Waals surface area contributed by atoms with Crippen LogP contribution in [-0.2, 0) is 14.8 Å². The molecule has 0 bridgehead atoms. The highest BCUT2D eigenvalue weighted by molar-refractivity contribution is 7.89. The summed E-state index contributed by atoms with van der Waals surface area (Å²) in [7, 11) is -0.300. The molecule has 0 saturated heterocycles. The summed E-state index contributed by atoms with van der Waals surface area (Å²) in [6.45, 7) is 2.46. The molecule has 0 spiro atoms. The summed E-state index contributed by atoms with van der Waals surface area (Å²) < 4.78 is 27.7. The van der Waals surface area contributed by atoms with E-state index in [1.54, 1.807) is 7.11 Å². The van der Waals surface area contributed by atoms with Crippen LogP contribution in [0, 0.1) is 0 Å². The standard InChI is InChI=1S/C11H19N3O3S/c1-8(7-17-3)14(2)11-6-9(18(13,15)16)4-5-10(11)12/h4-6,8H,7,12H2,1-3H3,(H2,13,15,16). The molecule has 6 nitrogen and oxygen atoms in total. The van der Waals surface area contributed by atoms with Crippen LogP contribution in [0.25, 0.3) is 0 Å². The number of rotatable bonds is 5. The van der Waals surface area contributed by atoms with E-state index >= 15 is 0 Å². The molecule has 0 fully saturated rings. The van der Waals surface area contributed by atoms with E-state index in [1.165, 1.54) is 18.2 Å². The van der Waals surface area contributed by atoms with Gasteiger partial charge in [0.05, 0.1) is 22.9 Å². The van der Waals surface area contributed by atoms with Crippen molar-refractivity contribution in [3.8, 4) is 0 Å². The quantitative estimate of drug-likeness (QED) is 0.756. The Bertz CT molecular complexity index is 516. The van der Waals surface area contributed by atoms with Crippen LogP contribution in [0.3, 0.4) is 0 Å². The van der Waals surface area contributed by atoms with Crippen LogP contribution in [0.4, 0.5) is 11.4 Å². The number of nitrogens with two attached hydrogens (primary N) is 2. The second-order valence-corrected chi connectivity index (χ2v) is 5.74. The third kappa shape index (κ3) is 3.34. The molecular formula is C11H19N3O3S. The van der Waals surface area contributed by atoms with Crippen molar-refractivity contribution in [3.05, 3.63) is 18.2 Å². The summed E-state index contributed by atoms with van der Waals surface area (Å²) in [5.74, 6) is 0. The highest BCUT2D eigenvalue weighted by Crippen LogP contribution is 2.26. The molecule has 1 unspecified atom stereocenters. The lowest BCUT2D eigenvalue weighted by Crippen LogP contribution is -2.33. The number of hydrogen-bond donors (Lipinski definition) is 2. The fourth-order valence-electron chi connectivity index (χ4n) is 1.60. The largest absolute Gasteiger partial charge is 0.397 e. The van der Waals surface area contributed by atoms with Crippen LogP contribution in [0.5, 0.6) is 0 Å². The number of sulfonamides is 1. The van der Waals surface area contributed by atoms with E-state index in [0.717, 1.165) is 0 Å². The zero-order chi connectivity index (χ0) is 13.9. The van der Waals surface area contributed by atoms with Gasteiger partial charge in [0.2, 0.25) is 10.0 Å². The Balaban J connectivity index is 3.15. The third-order valence-corrected chi connectivity index (χ3v) is 3.69. The van der Waals surface area contributed by atoms with Gasteiger partial charge in [0.1, 0.15) is 0 Å². The molecule has 1 atom stereocenters. The predicted octanol–water partition coefficient (Wildman–Crippen LogP) is 0.387. The van der Waals surface area contributed by atoms with Gasteiger partial charge >= 0.3 is 0 Å². The monoisotopic (exact) mass is 273 g/mol. The topological polar surface area (TPSA) is 98.6 Å². The number of benzene rings is 1. The minimum Gasteiger partial charge on any atom is -0.397 e. The summed E-state index contributed by atoms with van der Waals surface area (Å²) >= 11 is 0. The number of likely N-dealkylation sites (N-methyl/N-ethyl adjacent to an activating group) is 1. The molecule has 0 aromatic heterocycles. The zero-order valence-electron chi connectivity index (χ0n) is 10.8. The molecule has 0 aliphatic heterocycles. The first-order chi connectivity index (χ1) is 8.27. The zero-order valence-corrected chi connectivity index (χ0v) is 11.6. The minimum absolute atomic E-state index is 0.0446. The van der Waals surface area contributed by atoms with Crippen LogP contribution < -0.4 is 15.8 Å². The average Bonchev–Trinajstić information content (AvgIpc) is 2.27. The van der Waals surface area contributed by atoms with Crippen LogP contribution >= 0.6 is 0 Å². The fraction of sp³-hybridized carbons (Fsp3) is 0.455. The van der Waals surface area contributed by atoms with E-state index in [2.05, 4.69) is 0 Å². The van der Waals surface area contributed by atoms with E-state index in [9.17, 15) is 8.42 Å². The first-order valence-electron chi connectivity index (χ1n) is 5.41. The summed E-state index contributed by atoms with van der Waals surface area (Å²) in [4.78, 5) is 1.90. The Labute approximate surface area is 108 Å². The van der Waals surface area contributed by atoms with Crippen LogP contribution in [0.1, 0.15) is 6.92 Å². The van der Waals surface area contributed by atoms with E-state index in [4.69, 9.17) is 15.6 Å². The van der Waals surface area contributed by atoms with Crippen LogP contribution in [-0.4, -0.2) is 35.2 Å². The number of nitrogens with zero attached hydrogens (tertiary/aromatic N) is 1. The summed E-state index contributed by atoms with van der Waals surface area (Å²) in [6, 6.07) is 4.46. The van der Waals surface area contributed by atoms with E-state index in [0.29, 0.717) is 18.0 Å². The normalized spacial score (nSPS) is 13.3. The van der Waals surface area contributed by atoms with Crippen molar-refractivity contribution in [1.82, 2.24) is 0 Å². The van der Waals surface area contributed by atoms with E-state index in [1.807, 2.05) is 18.9 Å². The molecule has 1 aromatic carbocycles. The number of ether oxygens (including phenoxy) is 1.